The van der Waals surface area contributed by atoms with E-state index in [0.29, 0.717) is 12.1 Å². The zero-order valence-corrected chi connectivity index (χ0v) is 11.5. The van der Waals surface area contributed by atoms with E-state index in [1.54, 1.807) is 13.1 Å². The van der Waals surface area contributed by atoms with Gasteiger partial charge in [0.2, 0.25) is 5.91 Å². The Morgan fingerprint density at radius 1 is 1.63 bits per heavy atom. The molecule has 2 rings (SSSR count). The average Bonchev–Trinajstić information content (AvgIpc) is 2.85. The number of hydrogen-bond donors (Lipinski definition) is 2. The standard InChI is InChI=1S/C14H21N3O2/c1-3-14(19)13-5-4-12(8-15-13)17-7-6-11(9-17)16-10(2)18/h4-5,8,11,14,19H,3,6-7,9H2,1-2H3,(H,16,18)/t11?,14-/m0/s1. The number of aliphatic hydroxyl groups is 1. The van der Waals surface area contributed by atoms with Gasteiger partial charge in [0, 0.05) is 26.1 Å². The molecule has 0 bridgehead atoms. The first-order valence-corrected chi connectivity index (χ1v) is 6.76. The molecule has 2 atom stereocenters. The largest absolute Gasteiger partial charge is 0.387 e. The maximum Gasteiger partial charge on any atom is 0.217 e. The molecule has 2 N–H and O–H groups in total. The molecule has 0 saturated carbocycles. The molecule has 0 radical (unpaired) electrons. The smallest absolute Gasteiger partial charge is 0.217 e. The molecule has 5 heteroatoms. The van der Waals surface area contributed by atoms with Crippen LogP contribution in [-0.4, -0.2) is 35.1 Å². The molecule has 0 spiro atoms. The van der Waals surface area contributed by atoms with E-state index in [1.165, 1.54) is 0 Å². The van der Waals surface area contributed by atoms with Crippen LogP contribution in [0.4, 0.5) is 5.69 Å². The lowest BCUT2D eigenvalue weighted by molar-refractivity contribution is -0.119. The van der Waals surface area contributed by atoms with E-state index in [0.717, 1.165) is 25.2 Å². The molecule has 19 heavy (non-hydrogen) atoms. The molecule has 1 unspecified atom stereocenters. The molecule has 1 aromatic heterocycles. The Morgan fingerprint density at radius 3 is 3.00 bits per heavy atom. The Labute approximate surface area is 113 Å². The predicted octanol–water partition coefficient (Wildman–Crippen LogP) is 1.24. The maximum atomic E-state index is 11.0. The third-order valence-corrected chi connectivity index (χ3v) is 3.46. The number of hydrogen-bond acceptors (Lipinski definition) is 4. The summed E-state index contributed by atoms with van der Waals surface area (Å²) in [4.78, 5) is 17.5. The summed E-state index contributed by atoms with van der Waals surface area (Å²) in [6.45, 7) is 5.21. The number of amides is 1. The minimum absolute atomic E-state index is 0.0198. The lowest BCUT2D eigenvalue weighted by atomic mass is 10.2. The minimum atomic E-state index is -0.486. The Morgan fingerprint density at radius 2 is 2.42 bits per heavy atom. The van der Waals surface area contributed by atoms with E-state index >= 15 is 0 Å². The second-order valence-corrected chi connectivity index (χ2v) is 5.00. The fraction of sp³-hybridized carbons (Fsp3) is 0.571. The average molecular weight is 263 g/mol. The Kier molecular flexibility index (Phi) is 4.37. The summed E-state index contributed by atoms with van der Waals surface area (Å²) < 4.78 is 0. The SMILES string of the molecule is CC[C@H](O)c1ccc(N2CCC(NC(C)=O)C2)cn1. The summed E-state index contributed by atoms with van der Waals surface area (Å²) in [5.41, 5.74) is 1.75. The Hall–Kier alpha value is -1.62. The lowest BCUT2D eigenvalue weighted by Crippen LogP contribution is -2.35. The van der Waals surface area contributed by atoms with Crippen molar-refractivity contribution in [3.05, 3.63) is 24.0 Å². The highest BCUT2D eigenvalue weighted by Crippen LogP contribution is 2.22. The van der Waals surface area contributed by atoms with Crippen molar-refractivity contribution in [3.63, 3.8) is 0 Å². The monoisotopic (exact) mass is 263 g/mol. The molecule has 104 valence electrons. The lowest BCUT2D eigenvalue weighted by Gasteiger charge is -2.19. The number of carbonyl (C=O) groups is 1. The van der Waals surface area contributed by atoms with E-state index < -0.39 is 6.10 Å². The molecule has 0 aromatic carbocycles. The molecule has 5 nitrogen and oxygen atoms in total. The van der Waals surface area contributed by atoms with E-state index in [1.807, 2.05) is 19.1 Å². The minimum Gasteiger partial charge on any atom is -0.387 e. The highest BCUT2D eigenvalue weighted by Gasteiger charge is 2.23. The van der Waals surface area contributed by atoms with Gasteiger partial charge in [-0.05, 0) is 25.0 Å². The zero-order chi connectivity index (χ0) is 13.8. The van der Waals surface area contributed by atoms with Gasteiger partial charge in [-0.3, -0.25) is 9.78 Å². The normalized spacial score (nSPS) is 20.4. The van der Waals surface area contributed by atoms with Crippen LogP contribution in [0.25, 0.3) is 0 Å². The van der Waals surface area contributed by atoms with Crippen LogP contribution in [0.2, 0.25) is 0 Å². The van der Waals surface area contributed by atoms with Gasteiger partial charge in [-0.15, -0.1) is 0 Å². The van der Waals surface area contributed by atoms with Crippen LogP contribution < -0.4 is 10.2 Å². The molecular weight excluding hydrogens is 242 g/mol. The number of pyridine rings is 1. The van der Waals surface area contributed by atoms with Crippen LogP contribution >= 0.6 is 0 Å². The van der Waals surface area contributed by atoms with E-state index in [4.69, 9.17) is 0 Å². The van der Waals surface area contributed by atoms with Gasteiger partial charge >= 0.3 is 0 Å². The number of carbonyl (C=O) groups excluding carboxylic acids is 1. The van der Waals surface area contributed by atoms with Gasteiger partial charge < -0.3 is 15.3 Å². The van der Waals surface area contributed by atoms with Crippen molar-refractivity contribution in [1.29, 1.82) is 0 Å². The van der Waals surface area contributed by atoms with Crippen LogP contribution in [0.1, 0.15) is 38.5 Å². The van der Waals surface area contributed by atoms with E-state index in [2.05, 4.69) is 15.2 Å². The van der Waals surface area contributed by atoms with Gasteiger partial charge in [0.1, 0.15) is 0 Å². The van der Waals surface area contributed by atoms with Crippen LogP contribution in [0.15, 0.2) is 18.3 Å². The first-order valence-electron chi connectivity index (χ1n) is 6.76. The number of rotatable bonds is 4. The third-order valence-electron chi connectivity index (χ3n) is 3.46. The third kappa shape index (κ3) is 3.44. The molecule has 0 aliphatic carbocycles. The number of nitrogens with zero attached hydrogens (tertiary/aromatic N) is 2. The Balaban J connectivity index is 1.98. The van der Waals surface area contributed by atoms with E-state index in [-0.39, 0.29) is 11.9 Å². The number of nitrogens with one attached hydrogen (secondary N) is 1. The van der Waals surface area contributed by atoms with Gasteiger partial charge in [0.05, 0.1) is 23.7 Å². The summed E-state index contributed by atoms with van der Waals surface area (Å²) in [7, 11) is 0. The van der Waals surface area contributed by atoms with Crippen molar-refractivity contribution in [2.24, 2.45) is 0 Å². The first-order chi connectivity index (χ1) is 9.10. The molecule has 1 saturated heterocycles. The summed E-state index contributed by atoms with van der Waals surface area (Å²) >= 11 is 0. The van der Waals surface area contributed by atoms with Crippen LogP contribution in [0, 0.1) is 0 Å². The highest BCUT2D eigenvalue weighted by molar-refractivity contribution is 5.73. The zero-order valence-electron chi connectivity index (χ0n) is 11.5. The molecule has 1 aliphatic heterocycles. The topological polar surface area (TPSA) is 65.5 Å². The predicted molar refractivity (Wildman–Crippen MR) is 73.9 cm³/mol. The summed E-state index contributed by atoms with van der Waals surface area (Å²) in [6, 6.07) is 4.07. The second kappa shape index (κ2) is 6.02. The summed E-state index contributed by atoms with van der Waals surface area (Å²) in [6.07, 6.45) is 2.93. The van der Waals surface area contributed by atoms with Crippen molar-refractivity contribution in [2.75, 3.05) is 18.0 Å². The van der Waals surface area contributed by atoms with Crippen LogP contribution in [-0.2, 0) is 4.79 Å². The van der Waals surface area contributed by atoms with Crippen molar-refractivity contribution < 1.29 is 9.90 Å². The number of aromatic nitrogens is 1. The van der Waals surface area contributed by atoms with Crippen molar-refractivity contribution in [1.82, 2.24) is 10.3 Å². The number of aliphatic hydroxyl groups excluding tert-OH is 1. The van der Waals surface area contributed by atoms with Crippen molar-refractivity contribution >= 4 is 11.6 Å². The highest BCUT2D eigenvalue weighted by atomic mass is 16.3. The van der Waals surface area contributed by atoms with Crippen LogP contribution in [0.5, 0.6) is 0 Å². The number of anilines is 1. The fourth-order valence-electron chi connectivity index (χ4n) is 2.39. The quantitative estimate of drug-likeness (QED) is 0.858. The second-order valence-electron chi connectivity index (χ2n) is 5.00. The van der Waals surface area contributed by atoms with E-state index in [9.17, 15) is 9.90 Å². The molecule has 1 amide bonds. The van der Waals surface area contributed by atoms with Crippen molar-refractivity contribution in [3.8, 4) is 0 Å². The maximum absolute atomic E-state index is 11.0. The molecule has 2 heterocycles. The van der Waals surface area contributed by atoms with Gasteiger partial charge in [-0.1, -0.05) is 6.92 Å². The van der Waals surface area contributed by atoms with Gasteiger partial charge in [-0.25, -0.2) is 0 Å². The summed E-state index contributed by atoms with van der Waals surface area (Å²) in [5, 5.41) is 12.6. The molecule has 1 fully saturated rings. The molecule has 1 aliphatic rings. The molecular formula is C14H21N3O2. The van der Waals surface area contributed by atoms with Crippen molar-refractivity contribution in [2.45, 2.75) is 38.8 Å². The summed E-state index contributed by atoms with van der Waals surface area (Å²) in [5.74, 6) is 0.0198. The van der Waals surface area contributed by atoms with Gasteiger partial charge in [0.15, 0.2) is 0 Å². The molecule has 1 aromatic rings. The Bertz CT molecular complexity index is 433. The van der Waals surface area contributed by atoms with Gasteiger partial charge in [-0.2, -0.15) is 0 Å². The first kappa shape index (κ1) is 13.8. The van der Waals surface area contributed by atoms with Crippen LogP contribution in [0.3, 0.4) is 0 Å². The fourth-order valence-corrected chi connectivity index (χ4v) is 2.39. The van der Waals surface area contributed by atoms with Gasteiger partial charge in [0.25, 0.3) is 0 Å².